The van der Waals surface area contributed by atoms with Crippen LogP contribution >= 0.6 is 0 Å². The SMILES string of the molecule is Cc1ccncc1CNS(=O)(=O)c1ccc(F)c(CO)c1. The molecule has 0 unspecified atom stereocenters. The molecule has 0 fully saturated rings. The summed E-state index contributed by atoms with van der Waals surface area (Å²) in [5.74, 6) is -0.639. The normalized spacial score (nSPS) is 11.6. The second kappa shape index (κ2) is 6.30. The lowest BCUT2D eigenvalue weighted by molar-refractivity contribution is 0.275. The molecule has 0 saturated heterocycles. The van der Waals surface area contributed by atoms with E-state index in [9.17, 15) is 12.8 Å². The van der Waals surface area contributed by atoms with E-state index < -0.39 is 22.4 Å². The van der Waals surface area contributed by atoms with E-state index in [0.717, 1.165) is 29.3 Å². The molecule has 0 amide bonds. The van der Waals surface area contributed by atoms with Crippen molar-refractivity contribution in [3.63, 3.8) is 0 Å². The van der Waals surface area contributed by atoms with Crippen molar-refractivity contribution in [3.05, 3.63) is 59.2 Å². The van der Waals surface area contributed by atoms with Crippen LogP contribution in [0.1, 0.15) is 16.7 Å². The topological polar surface area (TPSA) is 79.3 Å². The fourth-order valence-corrected chi connectivity index (χ4v) is 2.83. The molecule has 1 aromatic carbocycles. The number of nitrogens with one attached hydrogen (secondary N) is 1. The molecule has 21 heavy (non-hydrogen) atoms. The molecule has 0 aliphatic heterocycles. The summed E-state index contributed by atoms with van der Waals surface area (Å²) in [6, 6.07) is 5.08. The smallest absolute Gasteiger partial charge is 0.240 e. The van der Waals surface area contributed by atoms with Gasteiger partial charge in [0, 0.05) is 24.5 Å². The van der Waals surface area contributed by atoms with Crippen molar-refractivity contribution in [3.8, 4) is 0 Å². The first-order chi connectivity index (χ1) is 9.94. The maximum absolute atomic E-state index is 13.3. The van der Waals surface area contributed by atoms with Gasteiger partial charge in [-0.25, -0.2) is 17.5 Å². The van der Waals surface area contributed by atoms with E-state index in [0.29, 0.717) is 0 Å². The van der Waals surface area contributed by atoms with Crippen LogP contribution in [0.5, 0.6) is 0 Å². The number of hydrogen-bond acceptors (Lipinski definition) is 4. The van der Waals surface area contributed by atoms with Gasteiger partial charge >= 0.3 is 0 Å². The quantitative estimate of drug-likeness (QED) is 0.877. The fraction of sp³-hybridized carbons (Fsp3) is 0.214. The molecule has 5 nitrogen and oxygen atoms in total. The van der Waals surface area contributed by atoms with Gasteiger partial charge in [-0.3, -0.25) is 4.98 Å². The molecule has 0 aliphatic carbocycles. The molecule has 1 aromatic heterocycles. The number of nitrogens with zero attached hydrogens (tertiary/aromatic N) is 1. The van der Waals surface area contributed by atoms with E-state index in [4.69, 9.17) is 5.11 Å². The molecule has 0 spiro atoms. The molecule has 7 heteroatoms. The number of pyridine rings is 1. The lowest BCUT2D eigenvalue weighted by Gasteiger charge is -2.09. The molecule has 0 saturated carbocycles. The summed E-state index contributed by atoms with van der Waals surface area (Å²) in [7, 11) is -3.78. The Labute approximate surface area is 122 Å². The number of aliphatic hydroxyl groups excluding tert-OH is 1. The highest BCUT2D eigenvalue weighted by atomic mass is 32.2. The molecule has 1 heterocycles. The number of sulfonamides is 1. The minimum atomic E-state index is -3.78. The molecule has 0 bridgehead atoms. The minimum Gasteiger partial charge on any atom is -0.392 e. The molecular weight excluding hydrogens is 295 g/mol. The average Bonchev–Trinajstić information content (AvgIpc) is 2.46. The van der Waals surface area contributed by atoms with Gasteiger partial charge in [-0.2, -0.15) is 0 Å². The van der Waals surface area contributed by atoms with Crippen molar-refractivity contribution in [2.75, 3.05) is 0 Å². The zero-order valence-corrected chi connectivity index (χ0v) is 12.2. The van der Waals surface area contributed by atoms with E-state index in [2.05, 4.69) is 9.71 Å². The van der Waals surface area contributed by atoms with Gasteiger partial charge in [0.25, 0.3) is 0 Å². The van der Waals surface area contributed by atoms with Crippen LogP contribution in [0, 0.1) is 12.7 Å². The Bertz CT molecular complexity index is 748. The second-order valence-corrected chi connectivity index (χ2v) is 6.30. The molecule has 0 aliphatic rings. The molecule has 112 valence electrons. The molecular formula is C14H15FN2O3S. The standard InChI is InChI=1S/C14H15FN2O3S/c1-10-4-5-16-7-12(10)8-17-21(19,20)13-2-3-14(15)11(6-13)9-18/h2-7,17-18H,8-9H2,1H3. The Morgan fingerprint density at radius 3 is 2.71 bits per heavy atom. The van der Waals surface area contributed by atoms with Crippen LogP contribution in [0.4, 0.5) is 4.39 Å². The van der Waals surface area contributed by atoms with Crippen LogP contribution in [-0.4, -0.2) is 18.5 Å². The number of aryl methyl sites for hydroxylation is 1. The van der Waals surface area contributed by atoms with Gasteiger partial charge < -0.3 is 5.11 Å². The fourth-order valence-electron chi connectivity index (χ4n) is 1.78. The number of benzene rings is 1. The number of rotatable bonds is 5. The molecule has 0 atom stereocenters. The number of aliphatic hydroxyl groups is 1. The Kier molecular flexibility index (Phi) is 4.66. The maximum atomic E-state index is 13.3. The average molecular weight is 310 g/mol. The van der Waals surface area contributed by atoms with Crippen LogP contribution in [-0.2, 0) is 23.2 Å². The molecule has 0 radical (unpaired) electrons. The first kappa shape index (κ1) is 15.6. The highest BCUT2D eigenvalue weighted by Gasteiger charge is 2.16. The summed E-state index contributed by atoms with van der Waals surface area (Å²) in [6.45, 7) is 1.39. The Morgan fingerprint density at radius 2 is 2.05 bits per heavy atom. The highest BCUT2D eigenvalue weighted by molar-refractivity contribution is 7.89. The van der Waals surface area contributed by atoms with Crippen LogP contribution in [0.3, 0.4) is 0 Å². The van der Waals surface area contributed by atoms with Gasteiger partial charge in [0.05, 0.1) is 11.5 Å². The summed E-state index contributed by atoms with van der Waals surface area (Å²) in [6.07, 6.45) is 3.21. The first-order valence-corrected chi connectivity index (χ1v) is 7.71. The predicted octanol–water partition coefficient (Wildman–Crippen LogP) is 1.50. The third kappa shape index (κ3) is 3.63. The first-order valence-electron chi connectivity index (χ1n) is 6.22. The van der Waals surface area contributed by atoms with Gasteiger partial charge in [-0.05, 0) is 42.3 Å². The largest absolute Gasteiger partial charge is 0.392 e. The summed E-state index contributed by atoms with van der Waals surface area (Å²) in [5, 5.41) is 8.99. The van der Waals surface area contributed by atoms with Crippen molar-refractivity contribution >= 4 is 10.0 Å². The van der Waals surface area contributed by atoms with Crippen LogP contribution < -0.4 is 4.72 Å². The third-order valence-corrected chi connectivity index (χ3v) is 4.50. The number of aromatic nitrogens is 1. The molecule has 2 N–H and O–H groups in total. The van der Waals surface area contributed by atoms with Gasteiger partial charge in [0.2, 0.25) is 10.0 Å². The van der Waals surface area contributed by atoms with E-state index in [1.165, 1.54) is 0 Å². The van der Waals surface area contributed by atoms with Crippen molar-refractivity contribution < 1.29 is 17.9 Å². The van der Waals surface area contributed by atoms with Crippen molar-refractivity contribution in [1.29, 1.82) is 0 Å². The van der Waals surface area contributed by atoms with E-state index in [1.807, 2.05) is 6.92 Å². The van der Waals surface area contributed by atoms with Gasteiger partial charge in [0.1, 0.15) is 5.82 Å². The minimum absolute atomic E-state index is 0.0598. The summed E-state index contributed by atoms with van der Waals surface area (Å²) in [5.41, 5.74) is 1.61. The van der Waals surface area contributed by atoms with Crippen LogP contribution in [0.2, 0.25) is 0 Å². The third-order valence-electron chi connectivity index (χ3n) is 3.10. The van der Waals surface area contributed by atoms with E-state index in [1.54, 1.807) is 18.5 Å². The highest BCUT2D eigenvalue weighted by Crippen LogP contribution is 2.16. The zero-order valence-electron chi connectivity index (χ0n) is 11.4. The second-order valence-electron chi connectivity index (χ2n) is 4.54. The summed E-state index contributed by atoms with van der Waals surface area (Å²) in [4.78, 5) is 3.85. The summed E-state index contributed by atoms with van der Waals surface area (Å²) < 4.78 is 40.0. The van der Waals surface area contributed by atoms with Gasteiger partial charge in [0.15, 0.2) is 0 Å². The van der Waals surface area contributed by atoms with Crippen molar-refractivity contribution in [2.24, 2.45) is 0 Å². The predicted molar refractivity (Wildman–Crippen MR) is 75.3 cm³/mol. The Hall–Kier alpha value is -1.83. The van der Waals surface area contributed by atoms with E-state index in [-0.39, 0.29) is 17.0 Å². The van der Waals surface area contributed by atoms with Gasteiger partial charge in [-0.1, -0.05) is 0 Å². The van der Waals surface area contributed by atoms with Crippen molar-refractivity contribution in [1.82, 2.24) is 9.71 Å². The molecule has 2 rings (SSSR count). The lowest BCUT2D eigenvalue weighted by Crippen LogP contribution is -2.24. The molecule has 2 aromatic rings. The number of hydrogen-bond donors (Lipinski definition) is 2. The van der Waals surface area contributed by atoms with Gasteiger partial charge in [-0.15, -0.1) is 0 Å². The number of halogens is 1. The maximum Gasteiger partial charge on any atom is 0.240 e. The Balaban J connectivity index is 2.21. The Morgan fingerprint density at radius 1 is 1.29 bits per heavy atom. The monoisotopic (exact) mass is 310 g/mol. The van der Waals surface area contributed by atoms with Crippen LogP contribution in [0.25, 0.3) is 0 Å². The zero-order chi connectivity index (χ0) is 15.5. The van der Waals surface area contributed by atoms with Crippen LogP contribution in [0.15, 0.2) is 41.6 Å². The van der Waals surface area contributed by atoms with Crippen molar-refractivity contribution in [2.45, 2.75) is 25.0 Å². The summed E-state index contributed by atoms with van der Waals surface area (Å²) >= 11 is 0. The van der Waals surface area contributed by atoms with E-state index >= 15 is 0 Å². The lowest BCUT2D eigenvalue weighted by atomic mass is 10.2.